The molecule has 1 fully saturated rings. The number of carbonyl (C=O) groups excluding carboxylic acids is 1. The molecule has 2 aromatic rings. The van der Waals surface area contributed by atoms with Crippen molar-refractivity contribution in [3.8, 4) is 0 Å². The average molecular weight is 451 g/mol. The van der Waals surface area contributed by atoms with E-state index < -0.39 is 17.8 Å². The van der Waals surface area contributed by atoms with Crippen LogP contribution in [0.5, 0.6) is 0 Å². The van der Waals surface area contributed by atoms with Crippen molar-refractivity contribution in [3.63, 3.8) is 0 Å². The SMILES string of the molecule is COC(=O)C1=C(CN2CCOCC2)NC(c2nccs2)=N[C@H]1c1cccc(F)c1Cl. The van der Waals surface area contributed by atoms with Crippen LogP contribution in [0.1, 0.15) is 16.6 Å². The van der Waals surface area contributed by atoms with Crippen LogP contribution in [0.4, 0.5) is 4.39 Å². The molecule has 4 rings (SSSR count). The Kier molecular flexibility index (Phi) is 6.43. The van der Waals surface area contributed by atoms with Gasteiger partial charge in [-0.05, 0) is 6.07 Å². The number of thiazole rings is 1. The predicted octanol–water partition coefficient (Wildman–Crippen LogP) is 2.79. The summed E-state index contributed by atoms with van der Waals surface area (Å²) in [6.45, 7) is 3.16. The first-order chi connectivity index (χ1) is 14.6. The molecule has 0 amide bonds. The van der Waals surface area contributed by atoms with Crippen LogP contribution in [0.3, 0.4) is 0 Å². The zero-order valence-electron chi connectivity index (χ0n) is 16.2. The third-order valence-electron chi connectivity index (χ3n) is 4.93. The van der Waals surface area contributed by atoms with Crippen molar-refractivity contribution in [1.82, 2.24) is 15.2 Å². The number of hydrogen-bond acceptors (Lipinski definition) is 8. The molecule has 1 saturated heterocycles. The molecule has 3 heterocycles. The monoisotopic (exact) mass is 450 g/mol. The lowest BCUT2D eigenvalue weighted by Crippen LogP contribution is -2.43. The van der Waals surface area contributed by atoms with Gasteiger partial charge in [-0.15, -0.1) is 11.3 Å². The van der Waals surface area contributed by atoms with E-state index >= 15 is 0 Å². The number of methoxy groups -OCH3 is 1. The van der Waals surface area contributed by atoms with Crippen LogP contribution < -0.4 is 5.32 Å². The summed E-state index contributed by atoms with van der Waals surface area (Å²) in [6, 6.07) is 3.67. The van der Waals surface area contributed by atoms with Crippen LogP contribution >= 0.6 is 22.9 Å². The van der Waals surface area contributed by atoms with Crippen molar-refractivity contribution in [2.75, 3.05) is 40.0 Å². The van der Waals surface area contributed by atoms with Crippen molar-refractivity contribution in [2.45, 2.75) is 6.04 Å². The summed E-state index contributed by atoms with van der Waals surface area (Å²) in [4.78, 5) is 24.0. The first kappa shape index (κ1) is 20.9. The molecule has 10 heteroatoms. The minimum atomic E-state index is -0.822. The summed E-state index contributed by atoms with van der Waals surface area (Å²) in [5.74, 6) is -0.609. The first-order valence-corrected chi connectivity index (χ1v) is 10.6. The summed E-state index contributed by atoms with van der Waals surface area (Å²) in [6.07, 6.45) is 1.68. The number of ether oxygens (including phenoxy) is 2. The van der Waals surface area contributed by atoms with E-state index in [9.17, 15) is 9.18 Å². The van der Waals surface area contributed by atoms with Gasteiger partial charge < -0.3 is 14.8 Å². The molecule has 0 aliphatic carbocycles. The van der Waals surface area contributed by atoms with Gasteiger partial charge in [0.1, 0.15) is 11.9 Å². The Bertz CT molecular complexity index is 990. The Hall–Kier alpha value is -2.33. The number of hydrogen-bond donors (Lipinski definition) is 1. The summed E-state index contributed by atoms with van der Waals surface area (Å²) < 4.78 is 24.7. The molecule has 158 valence electrons. The molecular weight excluding hydrogens is 431 g/mol. The topological polar surface area (TPSA) is 76.0 Å². The number of halogens is 2. The zero-order valence-corrected chi connectivity index (χ0v) is 17.8. The van der Waals surface area contributed by atoms with Crippen molar-refractivity contribution >= 4 is 34.7 Å². The second-order valence-electron chi connectivity index (χ2n) is 6.76. The molecule has 1 aromatic carbocycles. The number of esters is 1. The van der Waals surface area contributed by atoms with Gasteiger partial charge in [0.15, 0.2) is 10.8 Å². The third kappa shape index (κ3) is 4.24. The van der Waals surface area contributed by atoms with Crippen molar-refractivity contribution < 1.29 is 18.7 Å². The highest BCUT2D eigenvalue weighted by atomic mass is 35.5. The molecule has 0 saturated carbocycles. The molecular formula is C20H20ClFN4O3S. The van der Waals surface area contributed by atoms with E-state index in [4.69, 9.17) is 26.1 Å². The summed E-state index contributed by atoms with van der Waals surface area (Å²) >= 11 is 7.69. The van der Waals surface area contributed by atoms with Gasteiger partial charge in [0, 0.05) is 42.5 Å². The highest BCUT2D eigenvalue weighted by Crippen LogP contribution is 2.37. The number of morpholine rings is 1. The molecule has 1 N–H and O–H groups in total. The van der Waals surface area contributed by atoms with Crippen molar-refractivity contribution in [3.05, 3.63) is 62.5 Å². The van der Waals surface area contributed by atoms with E-state index in [1.165, 1.54) is 24.5 Å². The van der Waals surface area contributed by atoms with E-state index in [0.29, 0.717) is 47.4 Å². The summed E-state index contributed by atoms with van der Waals surface area (Å²) in [5, 5.41) is 5.69. The molecule has 2 aliphatic rings. The maximum absolute atomic E-state index is 14.2. The van der Waals surface area contributed by atoms with E-state index in [1.807, 2.05) is 5.38 Å². The van der Waals surface area contributed by atoms with Crippen LogP contribution in [0.15, 0.2) is 46.0 Å². The van der Waals surface area contributed by atoms with E-state index in [-0.39, 0.29) is 5.02 Å². The van der Waals surface area contributed by atoms with Crippen molar-refractivity contribution in [2.24, 2.45) is 4.99 Å². The average Bonchev–Trinajstić information content (AvgIpc) is 3.30. The fourth-order valence-corrected chi connectivity index (χ4v) is 4.28. The molecule has 1 aromatic heterocycles. The Balaban J connectivity index is 1.82. The zero-order chi connectivity index (χ0) is 21.1. The number of rotatable bonds is 5. The largest absolute Gasteiger partial charge is 0.466 e. The number of aliphatic imine (C=N–C) groups is 1. The lowest BCUT2D eigenvalue weighted by Gasteiger charge is -2.32. The van der Waals surface area contributed by atoms with Crippen LogP contribution in [-0.4, -0.2) is 61.6 Å². The second kappa shape index (κ2) is 9.22. The minimum Gasteiger partial charge on any atom is -0.466 e. The maximum Gasteiger partial charge on any atom is 0.338 e. The molecule has 1 atom stereocenters. The van der Waals surface area contributed by atoms with Gasteiger partial charge in [-0.3, -0.25) is 9.89 Å². The number of nitrogens with one attached hydrogen (secondary N) is 1. The van der Waals surface area contributed by atoms with E-state index in [2.05, 4.69) is 15.2 Å². The van der Waals surface area contributed by atoms with Crippen molar-refractivity contribution in [1.29, 1.82) is 0 Å². The number of carbonyl (C=O) groups is 1. The van der Waals surface area contributed by atoms with Gasteiger partial charge in [-0.1, -0.05) is 23.7 Å². The molecule has 0 radical (unpaired) electrons. The fraction of sp³-hybridized carbons (Fsp3) is 0.350. The number of amidine groups is 1. The second-order valence-corrected chi connectivity index (χ2v) is 8.03. The van der Waals surface area contributed by atoms with Gasteiger partial charge in [0.2, 0.25) is 0 Å². The summed E-state index contributed by atoms with van der Waals surface area (Å²) in [5.41, 5.74) is 1.33. The lowest BCUT2D eigenvalue weighted by atomic mass is 9.95. The molecule has 0 bridgehead atoms. The predicted molar refractivity (Wildman–Crippen MR) is 112 cm³/mol. The number of benzene rings is 1. The molecule has 30 heavy (non-hydrogen) atoms. The molecule has 2 aliphatic heterocycles. The van der Waals surface area contributed by atoms with Gasteiger partial charge in [0.05, 0.1) is 30.9 Å². The molecule has 0 spiro atoms. The maximum atomic E-state index is 14.2. The lowest BCUT2D eigenvalue weighted by molar-refractivity contribution is -0.136. The van der Waals surface area contributed by atoms with E-state index in [1.54, 1.807) is 18.3 Å². The van der Waals surface area contributed by atoms with Crippen LogP contribution in [0.2, 0.25) is 5.02 Å². The number of aromatic nitrogens is 1. The van der Waals surface area contributed by atoms with E-state index in [0.717, 1.165) is 13.1 Å². The summed E-state index contributed by atoms with van der Waals surface area (Å²) in [7, 11) is 1.31. The van der Waals surface area contributed by atoms with Crippen LogP contribution in [0, 0.1) is 5.82 Å². The highest BCUT2D eigenvalue weighted by molar-refractivity contribution is 7.11. The Morgan fingerprint density at radius 1 is 1.43 bits per heavy atom. The third-order valence-corrected chi connectivity index (χ3v) is 6.11. The van der Waals surface area contributed by atoms with Gasteiger partial charge >= 0.3 is 5.97 Å². The van der Waals surface area contributed by atoms with Gasteiger partial charge in [-0.2, -0.15) is 0 Å². The highest BCUT2D eigenvalue weighted by Gasteiger charge is 2.34. The van der Waals surface area contributed by atoms with Crippen LogP contribution in [-0.2, 0) is 14.3 Å². The fourth-order valence-electron chi connectivity index (χ4n) is 3.46. The normalized spacial score (nSPS) is 20.0. The van der Waals surface area contributed by atoms with Gasteiger partial charge in [0.25, 0.3) is 0 Å². The smallest absolute Gasteiger partial charge is 0.338 e. The molecule has 0 unspecified atom stereocenters. The molecule has 7 nitrogen and oxygen atoms in total. The Morgan fingerprint density at radius 2 is 2.23 bits per heavy atom. The Morgan fingerprint density at radius 3 is 2.93 bits per heavy atom. The van der Waals surface area contributed by atoms with Gasteiger partial charge in [-0.25, -0.2) is 14.2 Å². The van der Waals surface area contributed by atoms with Crippen LogP contribution in [0.25, 0.3) is 0 Å². The Labute approximate surface area is 182 Å². The quantitative estimate of drug-likeness (QED) is 0.706. The minimum absolute atomic E-state index is 0.0706. The number of nitrogens with zero attached hydrogens (tertiary/aromatic N) is 3. The first-order valence-electron chi connectivity index (χ1n) is 9.38. The standard InChI is InChI=1S/C20H20ClFN4O3S/c1-28-20(27)15-14(11-26-6-8-29-9-7-26)24-18(19-23-5-10-30-19)25-17(15)12-3-2-4-13(22)16(12)21/h2-5,10,17H,6-9,11H2,1H3,(H,24,25)/t17-/m0/s1.